The molecule has 0 fully saturated rings. The number of aromatic nitrogens is 2. The number of ether oxygens (including phenoxy) is 1. The summed E-state index contributed by atoms with van der Waals surface area (Å²) in [4.78, 5) is 9.17. The van der Waals surface area contributed by atoms with Crippen molar-refractivity contribution in [1.29, 1.82) is 0 Å². The molecule has 0 unspecified atom stereocenters. The third kappa shape index (κ3) is 6.78. The Kier molecular flexibility index (Phi) is 9.35. The Balaban J connectivity index is 0.00000420. The van der Waals surface area contributed by atoms with E-state index in [2.05, 4.69) is 178 Å². The molecule has 3 heterocycles. The fourth-order valence-electron chi connectivity index (χ4n) is 6.64. The number of pyridine rings is 1. The molecule has 264 valence electrons. The molecule has 8 rings (SSSR count). The van der Waals surface area contributed by atoms with Crippen molar-refractivity contribution in [3.63, 3.8) is 0 Å². The van der Waals surface area contributed by atoms with E-state index in [0.29, 0.717) is 11.5 Å². The summed E-state index contributed by atoms with van der Waals surface area (Å²) < 4.78 is 8.69. The van der Waals surface area contributed by atoms with Crippen molar-refractivity contribution < 1.29 is 25.8 Å². The molecule has 1 aliphatic rings. The summed E-state index contributed by atoms with van der Waals surface area (Å²) in [6.07, 6.45) is 4.05. The summed E-state index contributed by atoms with van der Waals surface area (Å²) in [6, 6.07) is 49.2. The van der Waals surface area contributed by atoms with Gasteiger partial charge in [0.2, 0.25) is 0 Å². The molecule has 0 saturated heterocycles. The van der Waals surface area contributed by atoms with Gasteiger partial charge in [-0.05, 0) is 69.4 Å². The summed E-state index contributed by atoms with van der Waals surface area (Å²) in [5, 5.41) is 2.24. The number of fused-ring (bicyclic) bond motifs is 3. The molecule has 1 aliphatic heterocycles. The van der Waals surface area contributed by atoms with Crippen LogP contribution in [0.3, 0.4) is 0 Å². The van der Waals surface area contributed by atoms with Crippen LogP contribution in [0.4, 0.5) is 11.4 Å². The quantitative estimate of drug-likeness (QED) is 0.156. The average Bonchev–Trinajstić information content (AvgIpc) is 3.72. The van der Waals surface area contributed by atoms with Crippen LogP contribution in [-0.4, -0.2) is 9.55 Å². The normalized spacial score (nSPS) is 13.4. The van der Waals surface area contributed by atoms with Crippen LogP contribution in [0.5, 0.6) is 11.5 Å². The zero-order valence-electron chi connectivity index (χ0n) is 30.3. The van der Waals surface area contributed by atoms with E-state index in [0.717, 1.165) is 50.3 Å². The van der Waals surface area contributed by atoms with Crippen LogP contribution in [0.15, 0.2) is 134 Å². The summed E-state index contributed by atoms with van der Waals surface area (Å²) in [5.41, 5.74) is 8.72. The molecule has 7 aromatic rings. The molecule has 0 N–H and O–H groups in total. The molecule has 0 spiro atoms. The second kappa shape index (κ2) is 13.8. The molecular formula is C46H41N4OPt-3. The fraction of sp³-hybridized carbons (Fsp3) is 0.174. The molecule has 6 heteroatoms. The topological polar surface area (TPSA) is 33.5 Å². The van der Waals surface area contributed by atoms with Gasteiger partial charge in [-0.3, -0.25) is 0 Å². The first-order valence-corrected chi connectivity index (χ1v) is 17.5. The molecule has 5 aromatic carbocycles. The number of anilines is 2. The van der Waals surface area contributed by atoms with Gasteiger partial charge in [-0.15, -0.1) is 48.1 Å². The number of hydrogen-bond donors (Lipinski definition) is 0. The standard InChI is InChI=1S/C46H41N4O.Pt/c1-45(2,3)33-16-12-18-36(26-33)49-31-48(30-43(49)32-14-8-7-9-15-32)35-17-13-19-37(28-35)51-38-22-23-40-39-20-10-11-21-41(39)50(42(40)29-38)44-27-34(24-25-47-44)46(4,5)6;/h7-27,30-31H,1-6H3;/q-3;. The maximum Gasteiger partial charge on any atom is 0.135 e. The minimum Gasteiger partial charge on any atom is -0.509 e. The molecule has 0 radical (unpaired) electrons. The average molecular weight is 861 g/mol. The van der Waals surface area contributed by atoms with Gasteiger partial charge in [0, 0.05) is 55.7 Å². The zero-order chi connectivity index (χ0) is 35.3. The van der Waals surface area contributed by atoms with Gasteiger partial charge in [-0.1, -0.05) is 108 Å². The molecule has 0 amide bonds. The predicted octanol–water partition coefficient (Wildman–Crippen LogP) is 11.6. The Morgan fingerprint density at radius 3 is 2.15 bits per heavy atom. The molecule has 0 atom stereocenters. The molecule has 5 nitrogen and oxygen atoms in total. The van der Waals surface area contributed by atoms with Gasteiger partial charge in [0.1, 0.15) is 5.82 Å². The fourth-order valence-corrected chi connectivity index (χ4v) is 6.64. The Bertz CT molecular complexity index is 2420. The van der Waals surface area contributed by atoms with Gasteiger partial charge in [-0.2, -0.15) is 12.1 Å². The van der Waals surface area contributed by atoms with E-state index < -0.39 is 0 Å². The van der Waals surface area contributed by atoms with Crippen molar-refractivity contribution in [3.8, 4) is 17.3 Å². The van der Waals surface area contributed by atoms with Crippen molar-refractivity contribution in [1.82, 2.24) is 9.55 Å². The minimum absolute atomic E-state index is 0. The number of para-hydroxylation sites is 1. The third-order valence-electron chi connectivity index (χ3n) is 9.47. The van der Waals surface area contributed by atoms with E-state index in [1.807, 2.05) is 30.5 Å². The van der Waals surface area contributed by atoms with Crippen molar-refractivity contribution in [3.05, 3.63) is 169 Å². The van der Waals surface area contributed by atoms with Crippen molar-refractivity contribution in [2.75, 3.05) is 9.80 Å². The molecular weight excluding hydrogens is 820 g/mol. The SMILES string of the molecule is CC(C)(C)c1cccc(N2[CH-]N(c3[c-]c(Oc4[c-]c5c(cc4)c4ccccc4n5-c4cc(C(C)(C)C)ccn4)ccc3)C=C2c2ccccc2)c1.[Pt]. The smallest absolute Gasteiger partial charge is 0.135 e. The number of rotatable bonds is 6. The summed E-state index contributed by atoms with van der Waals surface area (Å²) in [7, 11) is 0. The van der Waals surface area contributed by atoms with Crippen molar-refractivity contribution >= 4 is 38.9 Å². The maximum atomic E-state index is 6.51. The van der Waals surface area contributed by atoms with E-state index in [9.17, 15) is 0 Å². The van der Waals surface area contributed by atoms with Crippen LogP contribution < -0.4 is 14.5 Å². The van der Waals surface area contributed by atoms with Crippen molar-refractivity contribution in [2.24, 2.45) is 0 Å². The minimum atomic E-state index is -0.00734. The molecule has 52 heavy (non-hydrogen) atoms. The van der Waals surface area contributed by atoms with Gasteiger partial charge in [-0.25, -0.2) is 4.98 Å². The Morgan fingerprint density at radius 1 is 0.654 bits per heavy atom. The number of benzene rings is 5. The monoisotopic (exact) mass is 860 g/mol. The summed E-state index contributed by atoms with van der Waals surface area (Å²) >= 11 is 0. The first kappa shape index (κ1) is 35.3. The van der Waals surface area contributed by atoms with Gasteiger partial charge < -0.3 is 19.1 Å². The van der Waals surface area contributed by atoms with Crippen LogP contribution in [-0.2, 0) is 31.9 Å². The van der Waals surface area contributed by atoms with Gasteiger partial charge in [0.25, 0.3) is 0 Å². The molecule has 0 aliphatic carbocycles. The van der Waals surface area contributed by atoms with E-state index in [4.69, 9.17) is 9.72 Å². The predicted molar refractivity (Wildman–Crippen MR) is 210 cm³/mol. The Morgan fingerprint density at radius 2 is 1.37 bits per heavy atom. The Hall–Kier alpha value is -5.12. The van der Waals surface area contributed by atoms with Gasteiger partial charge in [0.05, 0.1) is 0 Å². The first-order valence-electron chi connectivity index (χ1n) is 17.5. The largest absolute Gasteiger partial charge is 0.509 e. The van der Waals surface area contributed by atoms with Gasteiger partial charge in [0.15, 0.2) is 0 Å². The van der Waals surface area contributed by atoms with Gasteiger partial charge >= 0.3 is 0 Å². The van der Waals surface area contributed by atoms with Crippen molar-refractivity contribution in [2.45, 2.75) is 52.4 Å². The second-order valence-electron chi connectivity index (χ2n) is 15.2. The van der Waals surface area contributed by atoms with Crippen LogP contribution >= 0.6 is 0 Å². The van der Waals surface area contributed by atoms with Crippen LogP contribution in [0.2, 0.25) is 0 Å². The summed E-state index contributed by atoms with van der Waals surface area (Å²) in [5.74, 6) is 2.08. The van der Waals surface area contributed by atoms with E-state index in [1.165, 1.54) is 11.1 Å². The summed E-state index contributed by atoms with van der Waals surface area (Å²) in [6.45, 7) is 15.5. The maximum absolute atomic E-state index is 6.51. The second-order valence-corrected chi connectivity index (χ2v) is 15.2. The van der Waals surface area contributed by atoms with E-state index in [1.54, 1.807) is 0 Å². The van der Waals surface area contributed by atoms with Crippen LogP contribution in [0.1, 0.15) is 58.2 Å². The van der Waals surface area contributed by atoms with Crippen LogP contribution in [0, 0.1) is 18.8 Å². The third-order valence-corrected chi connectivity index (χ3v) is 9.47. The molecule has 0 bridgehead atoms. The van der Waals surface area contributed by atoms with E-state index in [-0.39, 0.29) is 31.9 Å². The first-order chi connectivity index (χ1) is 24.5. The van der Waals surface area contributed by atoms with Crippen LogP contribution in [0.25, 0.3) is 33.3 Å². The Labute approximate surface area is 321 Å². The zero-order valence-corrected chi connectivity index (χ0v) is 32.6. The number of nitrogens with zero attached hydrogens (tertiary/aromatic N) is 4. The number of hydrogen-bond acceptors (Lipinski definition) is 4. The van der Waals surface area contributed by atoms with E-state index >= 15 is 0 Å². The molecule has 0 saturated carbocycles. The molecule has 2 aromatic heterocycles.